The minimum atomic E-state index is 0.847. The summed E-state index contributed by atoms with van der Waals surface area (Å²) in [5.41, 5.74) is 2.38. The summed E-state index contributed by atoms with van der Waals surface area (Å²) in [6.07, 6.45) is 1.03. The van der Waals surface area contributed by atoms with Crippen LogP contribution in [0.3, 0.4) is 0 Å². The van der Waals surface area contributed by atoms with E-state index in [0.717, 1.165) is 18.7 Å². The third kappa shape index (κ3) is 0.703. The molecule has 0 bridgehead atoms. The molecule has 0 amide bonds. The maximum atomic E-state index is 7.45. The molecule has 1 aliphatic rings. The van der Waals surface area contributed by atoms with Crippen molar-refractivity contribution in [1.82, 2.24) is 0 Å². The molecule has 0 saturated heterocycles. The van der Waals surface area contributed by atoms with E-state index in [1.807, 2.05) is 18.2 Å². The molecule has 1 aromatic rings. The Morgan fingerprint density at radius 2 is 2.10 bits per heavy atom. The summed E-state index contributed by atoms with van der Waals surface area (Å²) < 4.78 is 0. The average Bonchev–Trinajstić information content (AvgIpc) is 2.34. The van der Waals surface area contributed by atoms with E-state index in [1.54, 1.807) is 4.90 Å². The van der Waals surface area contributed by atoms with Gasteiger partial charge < -0.3 is 4.90 Å². The first-order chi connectivity index (χ1) is 4.88. The summed E-state index contributed by atoms with van der Waals surface area (Å²) in [7, 11) is 7.45. The van der Waals surface area contributed by atoms with Crippen LogP contribution in [0.5, 0.6) is 0 Å². The van der Waals surface area contributed by atoms with Gasteiger partial charge in [0, 0.05) is 12.2 Å². The van der Waals surface area contributed by atoms with Crippen LogP contribution in [0.4, 0.5) is 5.69 Å². The van der Waals surface area contributed by atoms with Crippen LogP contribution in [0.25, 0.3) is 0 Å². The van der Waals surface area contributed by atoms with Gasteiger partial charge in [-0.15, -0.1) is 0 Å². The Morgan fingerprint density at radius 1 is 1.30 bits per heavy atom. The van der Waals surface area contributed by atoms with E-state index in [4.69, 9.17) is 7.05 Å². The summed E-state index contributed by atoms with van der Waals surface area (Å²) in [6, 6.07) is 8.09. The van der Waals surface area contributed by atoms with E-state index < -0.39 is 0 Å². The minimum Gasteiger partial charge on any atom is -0.358 e. The molecule has 1 heteroatoms. The highest BCUT2D eigenvalue weighted by molar-refractivity contribution is 5.57. The molecule has 0 N–H and O–H groups in total. The van der Waals surface area contributed by atoms with E-state index >= 15 is 0 Å². The zero-order valence-corrected chi connectivity index (χ0v) is 5.67. The van der Waals surface area contributed by atoms with Crippen molar-refractivity contribution in [3.63, 3.8) is 0 Å². The van der Waals surface area contributed by atoms with Crippen LogP contribution in [-0.4, -0.2) is 6.54 Å². The fourth-order valence-corrected chi connectivity index (χ4v) is 1.34. The lowest BCUT2D eigenvalue weighted by atomic mass is 10.2. The molecule has 0 spiro atoms. The van der Waals surface area contributed by atoms with E-state index in [1.165, 1.54) is 5.56 Å². The Hall–Kier alpha value is -0.980. The third-order valence-corrected chi connectivity index (χ3v) is 1.89. The van der Waals surface area contributed by atoms with E-state index in [9.17, 15) is 0 Å². The van der Waals surface area contributed by atoms with Crippen molar-refractivity contribution in [1.29, 1.82) is 0 Å². The van der Waals surface area contributed by atoms with Crippen molar-refractivity contribution in [2.75, 3.05) is 11.4 Å². The van der Waals surface area contributed by atoms with E-state index in [0.29, 0.717) is 0 Å². The van der Waals surface area contributed by atoms with E-state index in [-0.39, 0.29) is 0 Å². The zero-order valence-electron chi connectivity index (χ0n) is 5.67. The first kappa shape index (κ1) is 5.78. The molecule has 2 rings (SSSR count). The van der Waals surface area contributed by atoms with Crippen molar-refractivity contribution in [2.24, 2.45) is 0 Å². The number of fused-ring (bicyclic) bond motifs is 1. The van der Waals surface area contributed by atoms with Crippen LogP contribution in [0.1, 0.15) is 5.56 Å². The van der Waals surface area contributed by atoms with Gasteiger partial charge in [-0.1, -0.05) is 18.2 Å². The highest BCUT2D eigenvalue weighted by Crippen LogP contribution is 2.25. The SMILES string of the molecule is [C]N1CCc2ccccc21. The van der Waals surface area contributed by atoms with Gasteiger partial charge >= 0.3 is 0 Å². The van der Waals surface area contributed by atoms with Gasteiger partial charge in [-0.3, -0.25) is 0 Å². The van der Waals surface area contributed by atoms with Gasteiger partial charge in [0.25, 0.3) is 0 Å². The number of para-hydroxylation sites is 1. The van der Waals surface area contributed by atoms with Gasteiger partial charge in [0.2, 0.25) is 0 Å². The largest absolute Gasteiger partial charge is 0.358 e. The maximum absolute atomic E-state index is 7.45. The molecule has 1 nitrogen and oxygen atoms in total. The van der Waals surface area contributed by atoms with Gasteiger partial charge in [0.05, 0.1) is 0 Å². The van der Waals surface area contributed by atoms with Crippen molar-refractivity contribution < 1.29 is 0 Å². The summed E-state index contributed by atoms with van der Waals surface area (Å²) >= 11 is 0. The highest BCUT2D eigenvalue weighted by Gasteiger charge is 2.13. The van der Waals surface area contributed by atoms with Crippen LogP contribution in [0.2, 0.25) is 0 Å². The molecule has 1 aromatic carbocycles. The molecule has 0 unspecified atom stereocenters. The van der Waals surface area contributed by atoms with E-state index in [2.05, 4.69) is 6.07 Å². The number of benzene rings is 1. The van der Waals surface area contributed by atoms with Crippen molar-refractivity contribution in [3.8, 4) is 0 Å². The zero-order chi connectivity index (χ0) is 6.97. The lowest BCUT2D eigenvalue weighted by Crippen LogP contribution is -2.08. The molecule has 0 atom stereocenters. The molecule has 0 aromatic heterocycles. The predicted octanol–water partition coefficient (Wildman–Crippen LogP) is 1.59. The first-order valence-electron chi connectivity index (χ1n) is 3.44. The van der Waals surface area contributed by atoms with Crippen LogP contribution in [0, 0.1) is 7.05 Å². The van der Waals surface area contributed by atoms with Crippen LogP contribution in [-0.2, 0) is 6.42 Å². The second kappa shape index (κ2) is 2.01. The number of nitrogens with zero attached hydrogens (tertiary/aromatic N) is 1. The van der Waals surface area contributed by atoms with Gasteiger partial charge in [-0.25, -0.2) is 0 Å². The van der Waals surface area contributed by atoms with Crippen molar-refractivity contribution in [3.05, 3.63) is 36.9 Å². The molecule has 1 aliphatic heterocycles. The standard InChI is InChI=1S/C9H8N/c1-10-7-6-8-4-2-3-5-9(8)10/h2-5H,6-7H2. The quantitative estimate of drug-likeness (QED) is 0.515. The molecule has 0 saturated carbocycles. The highest BCUT2D eigenvalue weighted by atomic mass is 15.1. The minimum absolute atomic E-state index is 0.847. The van der Waals surface area contributed by atoms with Gasteiger partial charge in [0.15, 0.2) is 0 Å². The Morgan fingerprint density at radius 3 is 2.90 bits per heavy atom. The van der Waals surface area contributed by atoms with Crippen molar-refractivity contribution >= 4 is 5.69 Å². The number of anilines is 1. The number of hydrogen-bond acceptors (Lipinski definition) is 1. The predicted molar refractivity (Wildman–Crippen MR) is 40.7 cm³/mol. The Bertz CT molecular complexity index is 242. The Kier molecular flexibility index (Phi) is 1.16. The summed E-state index contributed by atoms with van der Waals surface area (Å²) in [5, 5.41) is 0. The molecule has 1 heterocycles. The lowest BCUT2D eigenvalue weighted by molar-refractivity contribution is 0.991. The summed E-state index contributed by atoms with van der Waals surface area (Å²) in [5.74, 6) is 0. The monoisotopic (exact) mass is 130 g/mol. The topological polar surface area (TPSA) is 3.24 Å². The molecule has 10 heavy (non-hydrogen) atoms. The molecular formula is C9H8N. The third-order valence-electron chi connectivity index (χ3n) is 1.89. The smallest absolute Gasteiger partial charge is 0.125 e. The molecule has 0 fully saturated rings. The summed E-state index contributed by atoms with van der Waals surface area (Å²) in [4.78, 5) is 1.55. The van der Waals surface area contributed by atoms with Gasteiger partial charge in [-0.05, 0) is 18.1 Å². The first-order valence-corrected chi connectivity index (χ1v) is 3.44. The lowest BCUT2D eigenvalue weighted by Gasteiger charge is -2.08. The fraction of sp³-hybridized carbons (Fsp3) is 0.222. The van der Waals surface area contributed by atoms with Crippen LogP contribution < -0.4 is 4.90 Å². The Balaban J connectivity index is 2.51. The maximum Gasteiger partial charge on any atom is 0.125 e. The Labute approximate surface area is 61.3 Å². The van der Waals surface area contributed by atoms with Crippen LogP contribution >= 0.6 is 0 Å². The number of hydrogen-bond donors (Lipinski definition) is 0. The van der Waals surface area contributed by atoms with Crippen molar-refractivity contribution in [2.45, 2.75) is 6.42 Å². The number of rotatable bonds is 0. The normalized spacial score (nSPS) is 15.5. The van der Waals surface area contributed by atoms with Gasteiger partial charge in [0.1, 0.15) is 7.05 Å². The average molecular weight is 130 g/mol. The van der Waals surface area contributed by atoms with Gasteiger partial charge in [-0.2, -0.15) is 0 Å². The second-order valence-electron chi connectivity index (χ2n) is 2.53. The summed E-state index contributed by atoms with van der Waals surface area (Å²) in [6.45, 7) is 0.847. The van der Waals surface area contributed by atoms with Crippen LogP contribution in [0.15, 0.2) is 24.3 Å². The molecule has 3 radical (unpaired) electrons. The molecular weight excluding hydrogens is 122 g/mol. The molecule has 0 aliphatic carbocycles. The fourth-order valence-electron chi connectivity index (χ4n) is 1.34. The molecule has 49 valence electrons. The second-order valence-corrected chi connectivity index (χ2v) is 2.53.